The molecule has 0 aromatic heterocycles. The molecule has 1 N–H and O–H groups in total. The second kappa shape index (κ2) is 12.3. The molecular weight excluding hydrogens is 415 g/mol. The summed E-state index contributed by atoms with van der Waals surface area (Å²) >= 11 is 0. The fourth-order valence-electron chi connectivity index (χ4n) is 3.67. The first-order chi connectivity index (χ1) is 16.1. The van der Waals surface area contributed by atoms with Gasteiger partial charge in [0.05, 0.1) is 0 Å². The number of nitrogens with zero attached hydrogens (tertiary/aromatic N) is 1. The van der Waals surface area contributed by atoms with Gasteiger partial charge in [0, 0.05) is 25.9 Å². The Morgan fingerprint density at radius 1 is 0.879 bits per heavy atom. The van der Waals surface area contributed by atoms with Gasteiger partial charge >= 0.3 is 0 Å². The molecule has 5 heteroatoms. The lowest BCUT2D eigenvalue weighted by atomic mass is 10.0. The number of amides is 2. The van der Waals surface area contributed by atoms with E-state index < -0.39 is 6.04 Å². The minimum atomic E-state index is -0.708. The van der Waals surface area contributed by atoms with Crippen LogP contribution in [0, 0.1) is 5.82 Å². The molecule has 3 rings (SSSR count). The van der Waals surface area contributed by atoms with Crippen LogP contribution in [0.1, 0.15) is 23.1 Å². The number of benzene rings is 3. The molecule has 0 aliphatic carbocycles. The van der Waals surface area contributed by atoms with E-state index >= 15 is 0 Å². The number of carbonyl (C=O) groups is 2. The molecule has 170 valence electrons. The molecule has 0 saturated heterocycles. The van der Waals surface area contributed by atoms with Crippen LogP contribution in [0.25, 0.3) is 0 Å². The zero-order chi connectivity index (χ0) is 23.5. The molecule has 3 aromatic carbocycles. The number of halogens is 1. The van der Waals surface area contributed by atoms with Gasteiger partial charge in [-0.05, 0) is 35.2 Å². The minimum Gasteiger partial charge on any atom is -0.351 e. The summed E-state index contributed by atoms with van der Waals surface area (Å²) in [6, 6.07) is 24.7. The minimum absolute atomic E-state index is 0.127. The van der Waals surface area contributed by atoms with E-state index in [2.05, 4.69) is 11.9 Å². The van der Waals surface area contributed by atoms with Crippen molar-refractivity contribution in [3.05, 3.63) is 120 Å². The van der Waals surface area contributed by atoms with Crippen LogP contribution in [0.3, 0.4) is 0 Å². The Labute approximate surface area is 194 Å². The Morgan fingerprint density at radius 2 is 1.48 bits per heavy atom. The van der Waals surface area contributed by atoms with Gasteiger partial charge in [0.15, 0.2) is 0 Å². The van der Waals surface area contributed by atoms with E-state index in [1.54, 1.807) is 23.1 Å². The molecule has 2 amide bonds. The Balaban J connectivity index is 1.88. The van der Waals surface area contributed by atoms with Gasteiger partial charge < -0.3 is 10.2 Å². The lowest BCUT2D eigenvalue weighted by molar-refractivity contribution is -0.141. The van der Waals surface area contributed by atoms with Crippen LogP contribution in [0.5, 0.6) is 0 Å². The normalized spacial score (nSPS) is 11.4. The van der Waals surface area contributed by atoms with Crippen LogP contribution in [-0.4, -0.2) is 29.3 Å². The maximum atomic E-state index is 13.5. The number of nitrogens with one attached hydrogen (secondary N) is 1. The standard InChI is InChI=1S/C28H29FN2O2/c1-2-19-30-28(33)26(20-23-11-7-4-8-12-23)31(21-24-13-16-25(29)17-14-24)27(32)18-15-22-9-5-3-6-10-22/h2-14,16-17,26H,1,15,18-21H2,(H,30,33). The van der Waals surface area contributed by atoms with Gasteiger partial charge in [-0.15, -0.1) is 6.58 Å². The average Bonchev–Trinajstić information content (AvgIpc) is 2.85. The van der Waals surface area contributed by atoms with Crippen LogP contribution in [0.4, 0.5) is 4.39 Å². The second-order valence-corrected chi connectivity index (χ2v) is 7.87. The topological polar surface area (TPSA) is 49.4 Å². The molecule has 0 spiro atoms. The van der Waals surface area contributed by atoms with Gasteiger partial charge in [0.2, 0.25) is 11.8 Å². The highest BCUT2D eigenvalue weighted by Gasteiger charge is 2.30. The Hall–Kier alpha value is -3.73. The highest BCUT2D eigenvalue weighted by molar-refractivity contribution is 5.88. The van der Waals surface area contributed by atoms with Gasteiger partial charge in [-0.3, -0.25) is 9.59 Å². The maximum Gasteiger partial charge on any atom is 0.243 e. The van der Waals surface area contributed by atoms with Crippen molar-refractivity contribution in [2.24, 2.45) is 0 Å². The molecule has 0 aliphatic heterocycles. The lowest BCUT2D eigenvalue weighted by Crippen LogP contribution is -2.50. The summed E-state index contributed by atoms with van der Waals surface area (Å²) in [5.41, 5.74) is 2.78. The Kier molecular flexibility index (Phi) is 8.95. The molecule has 0 fully saturated rings. The summed E-state index contributed by atoms with van der Waals surface area (Å²) in [5.74, 6) is -0.711. The van der Waals surface area contributed by atoms with Crippen molar-refractivity contribution < 1.29 is 14.0 Å². The molecule has 0 radical (unpaired) electrons. The molecule has 3 aromatic rings. The quantitative estimate of drug-likeness (QED) is 0.436. The summed E-state index contributed by atoms with van der Waals surface area (Å²) in [6.07, 6.45) is 2.83. The maximum absolute atomic E-state index is 13.5. The summed E-state index contributed by atoms with van der Waals surface area (Å²) in [7, 11) is 0. The van der Waals surface area contributed by atoms with Crippen molar-refractivity contribution in [1.29, 1.82) is 0 Å². The SMILES string of the molecule is C=CCNC(=O)C(Cc1ccccc1)N(Cc1ccc(F)cc1)C(=O)CCc1ccccc1. The third kappa shape index (κ3) is 7.42. The van der Waals surface area contributed by atoms with Crippen LogP contribution >= 0.6 is 0 Å². The second-order valence-electron chi connectivity index (χ2n) is 7.87. The first-order valence-electron chi connectivity index (χ1n) is 11.1. The molecule has 4 nitrogen and oxygen atoms in total. The third-order valence-corrected chi connectivity index (χ3v) is 5.43. The molecule has 0 heterocycles. The largest absolute Gasteiger partial charge is 0.351 e. The number of hydrogen-bond acceptors (Lipinski definition) is 2. The zero-order valence-electron chi connectivity index (χ0n) is 18.6. The van der Waals surface area contributed by atoms with Gasteiger partial charge in [0.25, 0.3) is 0 Å². The van der Waals surface area contributed by atoms with Crippen molar-refractivity contribution in [2.45, 2.75) is 31.8 Å². The lowest BCUT2D eigenvalue weighted by Gasteiger charge is -2.31. The van der Waals surface area contributed by atoms with Crippen molar-refractivity contribution >= 4 is 11.8 Å². The van der Waals surface area contributed by atoms with Crippen molar-refractivity contribution in [3.63, 3.8) is 0 Å². The zero-order valence-corrected chi connectivity index (χ0v) is 18.6. The molecule has 0 saturated carbocycles. The molecule has 1 atom stereocenters. The predicted molar refractivity (Wildman–Crippen MR) is 129 cm³/mol. The van der Waals surface area contributed by atoms with Crippen LogP contribution in [0.2, 0.25) is 0 Å². The highest BCUT2D eigenvalue weighted by Crippen LogP contribution is 2.17. The monoisotopic (exact) mass is 444 g/mol. The molecule has 0 bridgehead atoms. The van der Waals surface area contributed by atoms with Crippen LogP contribution in [-0.2, 0) is 29.0 Å². The number of rotatable bonds is 11. The van der Waals surface area contributed by atoms with Gasteiger partial charge in [-0.25, -0.2) is 4.39 Å². The van der Waals surface area contributed by atoms with E-state index in [4.69, 9.17) is 0 Å². The Bertz CT molecular complexity index is 1040. The number of hydrogen-bond donors (Lipinski definition) is 1. The smallest absolute Gasteiger partial charge is 0.243 e. The van der Waals surface area contributed by atoms with Crippen LogP contribution < -0.4 is 5.32 Å². The van der Waals surface area contributed by atoms with Crippen molar-refractivity contribution in [3.8, 4) is 0 Å². The first kappa shape index (κ1) is 23.9. The number of carbonyl (C=O) groups excluding carboxylic acids is 2. The summed E-state index contributed by atoms with van der Waals surface area (Å²) < 4.78 is 13.5. The first-order valence-corrected chi connectivity index (χ1v) is 11.1. The van der Waals surface area contributed by atoms with E-state index in [-0.39, 0.29) is 30.6 Å². The van der Waals surface area contributed by atoms with E-state index in [0.717, 1.165) is 16.7 Å². The third-order valence-electron chi connectivity index (χ3n) is 5.43. The van der Waals surface area contributed by atoms with E-state index in [1.165, 1.54) is 12.1 Å². The molecule has 1 unspecified atom stereocenters. The van der Waals surface area contributed by atoms with Gasteiger partial charge in [-0.1, -0.05) is 78.9 Å². The molecule has 0 aliphatic rings. The summed E-state index contributed by atoms with van der Waals surface area (Å²) in [5, 5.41) is 2.85. The van der Waals surface area contributed by atoms with Crippen molar-refractivity contribution in [2.75, 3.05) is 6.54 Å². The molecule has 33 heavy (non-hydrogen) atoms. The number of aryl methyl sites for hydroxylation is 1. The summed E-state index contributed by atoms with van der Waals surface area (Å²) in [4.78, 5) is 28.2. The van der Waals surface area contributed by atoms with E-state index in [1.807, 2.05) is 60.7 Å². The molecular formula is C28H29FN2O2. The van der Waals surface area contributed by atoms with Gasteiger partial charge in [0.1, 0.15) is 11.9 Å². The Morgan fingerprint density at radius 3 is 2.09 bits per heavy atom. The highest BCUT2D eigenvalue weighted by atomic mass is 19.1. The average molecular weight is 445 g/mol. The van der Waals surface area contributed by atoms with E-state index in [9.17, 15) is 14.0 Å². The fourth-order valence-corrected chi connectivity index (χ4v) is 3.67. The fraction of sp³-hybridized carbons (Fsp3) is 0.214. The van der Waals surface area contributed by atoms with Gasteiger partial charge in [-0.2, -0.15) is 0 Å². The van der Waals surface area contributed by atoms with E-state index in [0.29, 0.717) is 19.4 Å². The predicted octanol–water partition coefficient (Wildman–Crippen LogP) is 4.70. The van der Waals surface area contributed by atoms with Crippen molar-refractivity contribution in [1.82, 2.24) is 10.2 Å². The summed E-state index contributed by atoms with van der Waals surface area (Å²) in [6.45, 7) is 4.19. The van der Waals surface area contributed by atoms with Crippen LogP contribution in [0.15, 0.2) is 97.6 Å².